The fourth-order valence-electron chi connectivity index (χ4n) is 1.76. The standard InChI is InChI=1S/C13H10INO4S/c14-11-6-7-13(15(16)17)10(8-11)9-20(18,19)12-4-2-1-3-5-12/h1-8H,9H2. The van der Waals surface area contributed by atoms with Crippen molar-refractivity contribution in [1.82, 2.24) is 0 Å². The Balaban J connectivity index is 2.44. The molecule has 2 aromatic rings. The molecule has 0 bridgehead atoms. The molecule has 20 heavy (non-hydrogen) atoms. The molecular formula is C13H10INO4S. The van der Waals surface area contributed by atoms with Gasteiger partial charge in [0, 0.05) is 15.2 Å². The number of nitrogens with zero attached hydrogens (tertiary/aromatic N) is 1. The average molecular weight is 403 g/mol. The summed E-state index contributed by atoms with van der Waals surface area (Å²) in [6.07, 6.45) is 0. The maximum absolute atomic E-state index is 12.3. The summed E-state index contributed by atoms with van der Waals surface area (Å²) < 4.78 is 25.3. The monoisotopic (exact) mass is 403 g/mol. The van der Waals surface area contributed by atoms with Crippen molar-refractivity contribution in [2.75, 3.05) is 0 Å². The minimum Gasteiger partial charge on any atom is -0.258 e. The number of sulfone groups is 1. The van der Waals surface area contributed by atoms with Crippen LogP contribution in [0.15, 0.2) is 53.4 Å². The van der Waals surface area contributed by atoms with Gasteiger partial charge in [-0.25, -0.2) is 8.42 Å². The molecule has 0 aromatic heterocycles. The van der Waals surface area contributed by atoms with Gasteiger partial charge in [0.15, 0.2) is 9.84 Å². The van der Waals surface area contributed by atoms with E-state index >= 15 is 0 Å². The molecule has 0 aliphatic heterocycles. The summed E-state index contributed by atoms with van der Waals surface area (Å²) in [5, 5.41) is 11.0. The number of nitro groups is 1. The van der Waals surface area contributed by atoms with Gasteiger partial charge in [0.05, 0.1) is 15.6 Å². The van der Waals surface area contributed by atoms with Crippen molar-refractivity contribution in [3.05, 3.63) is 67.8 Å². The molecule has 7 heteroatoms. The lowest BCUT2D eigenvalue weighted by Gasteiger charge is -2.06. The third-order valence-electron chi connectivity index (χ3n) is 2.69. The molecule has 0 saturated heterocycles. The normalized spacial score (nSPS) is 11.2. The SMILES string of the molecule is O=[N+]([O-])c1ccc(I)cc1CS(=O)(=O)c1ccccc1. The first-order valence-electron chi connectivity index (χ1n) is 5.61. The first-order valence-corrected chi connectivity index (χ1v) is 8.34. The van der Waals surface area contributed by atoms with Crippen molar-refractivity contribution in [2.24, 2.45) is 0 Å². The van der Waals surface area contributed by atoms with Gasteiger partial charge in [0.1, 0.15) is 0 Å². The van der Waals surface area contributed by atoms with Gasteiger partial charge in [-0.1, -0.05) is 18.2 Å². The van der Waals surface area contributed by atoms with E-state index in [1.807, 2.05) is 22.6 Å². The smallest absolute Gasteiger partial charge is 0.258 e. The van der Waals surface area contributed by atoms with Gasteiger partial charge < -0.3 is 0 Å². The molecule has 0 radical (unpaired) electrons. The zero-order valence-corrected chi connectivity index (χ0v) is 13.2. The lowest BCUT2D eigenvalue weighted by molar-refractivity contribution is -0.385. The highest BCUT2D eigenvalue weighted by Crippen LogP contribution is 2.25. The van der Waals surface area contributed by atoms with Crippen LogP contribution in [-0.4, -0.2) is 13.3 Å². The molecule has 0 unspecified atom stereocenters. The van der Waals surface area contributed by atoms with E-state index in [2.05, 4.69) is 0 Å². The van der Waals surface area contributed by atoms with Gasteiger partial charge in [0.25, 0.3) is 5.69 Å². The van der Waals surface area contributed by atoms with Gasteiger partial charge in [-0.05, 0) is 46.9 Å². The molecule has 104 valence electrons. The number of rotatable bonds is 4. The van der Waals surface area contributed by atoms with Crippen LogP contribution < -0.4 is 0 Å². The molecule has 0 heterocycles. The number of hydrogen-bond acceptors (Lipinski definition) is 4. The Hall–Kier alpha value is -1.48. The maximum atomic E-state index is 12.3. The second-order valence-corrected chi connectivity index (χ2v) is 7.34. The Morgan fingerprint density at radius 2 is 1.75 bits per heavy atom. The Labute approximate surface area is 129 Å². The summed E-state index contributed by atoms with van der Waals surface area (Å²) >= 11 is 1.99. The number of halogens is 1. The van der Waals surface area contributed by atoms with Crippen LogP contribution in [0.2, 0.25) is 0 Å². The van der Waals surface area contributed by atoms with Crippen LogP contribution in [0.1, 0.15) is 5.56 Å². The molecule has 5 nitrogen and oxygen atoms in total. The fraction of sp³-hybridized carbons (Fsp3) is 0.0769. The first-order chi connectivity index (χ1) is 9.40. The Bertz CT molecular complexity index is 744. The topological polar surface area (TPSA) is 77.3 Å². The zero-order valence-electron chi connectivity index (χ0n) is 10.2. The molecule has 2 aromatic carbocycles. The van der Waals surface area contributed by atoms with Crippen LogP contribution in [0.25, 0.3) is 0 Å². The predicted octanol–water partition coefficient (Wildman–Crippen LogP) is 3.17. The number of hydrogen-bond donors (Lipinski definition) is 0. The molecule has 0 fully saturated rings. The van der Waals surface area contributed by atoms with Crippen molar-refractivity contribution in [3.63, 3.8) is 0 Å². The van der Waals surface area contributed by atoms with Crippen LogP contribution >= 0.6 is 22.6 Å². The fourth-order valence-corrected chi connectivity index (χ4v) is 3.70. The lowest BCUT2D eigenvalue weighted by Crippen LogP contribution is -2.07. The molecule has 2 rings (SSSR count). The van der Waals surface area contributed by atoms with Crippen LogP contribution in [0.5, 0.6) is 0 Å². The largest absolute Gasteiger partial charge is 0.273 e. The summed E-state index contributed by atoms with van der Waals surface area (Å²) in [7, 11) is -3.59. The lowest BCUT2D eigenvalue weighted by atomic mass is 10.2. The van der Waals surface area contributed by atoms with Gasteiger partial charge >= 0.3 is 0 Å². The molecule has 0 amide bonds. The van der Waals surface area contributed by atoms with Gasteiger partial charge in [-0.15, -0.1) is 0 Å². The highest BCUT2D eigenvalue weighted by atomic mass is 127. The molecule has 0 saturated carbocycles. The summed E-state index contributed by atoms with van der Waals surface area (Å²) in [6.45, 7) is 0. The number of nitro benzene ring substituents is 1. The highest BCUT2D eigenvalue weighted by Gasteiger charge is 2.22. The third kappa shape index (κ3) is 3.34. The molecule has 0 N–H and O–H groups in total. The van der Waals surface area contributed by atoms with Crippen molar-refractivity contribution >= 4 is 38.1 Å². The summed E-state index contributed by atoms with van der Waals surface area (Å²) in [5.41, 5.74) is 0.0238. The van der Waals surface area contributed by atoms with Gasteiger partial charge in [-0.3, -0.25) is 10.1 Å². The summed E-state index contributed by atoms with van der Waals surface area (Å²) in [4.78, 5) is 10.6. The zero-order chi connectivity index (χ0) is 14.8. The van der Waals surface area contributed by atoms with E-state index in [-0.39, 0.29) is 21.9 Å². The summed E-state index contributed by atoms with van der Waals surface area (Å²) in [5.74, 6) is -0.385. The van der Waals surface area contributed by atoms with Crippen molar-refractivity contribution in [2.45, 2.75) is 10.6 Å². The second kappa shape index (κ2) is 5.88. The first kappa shape index (κ1) is 14.9. The van der Waals surface area contributed by atoms with E-state index in [1.165, 1.54) is 24.3 Å². The molecule has 0 atom stereocenters. The summed E-state index contributed by atoms with van der Waals surface area (Å²) in [6, 6.07) is 12.4. The second-order valence-electron chi connectivity index (χ2n) is 4.10. The van der Waals surface area contributed by atoms with Crippen LogP contribution in [-0.2, 0) is 15.6 Å². The molecular weight excluding hydrogens is 393 g/mol. The van der Waals surface area contributed by atoms with E-state index in [0.717, 1.165) is 3.57 Å². The van der Waals surface area contributed by atoms with Crippen LogP contribution in [0.3, 0.4) is 0 Å². The predicted molar refractivity (Wildman–Crippen MR) is 83.1 cm³/mol. The number of benzene rings is 2. The minimum atomic E-state index is -3.59. The van der Waals surface area contributed by atoms with E-state index < -0.39 is 14.8 Å². The van der Waals surface area contributed by atoms with Crippen molar-refractivity contribution in [1.29, 1.82) is 0 Å². The van der Waals surface area contributed by atoms with Crippen molar-refractivity contribution in [3.8, 4) is 0 Å². The van der Waals surface area contributed by atoms with Crippen molar-refractivity contribution < 1.29 is 13.3 Å². The molecule has 0 aliphatic carbocycles. The van der Waals surface area contributed by atoms with E-state index in [1.54, 1.807) is 24.3 Å². The molecule has 0 aliphatic rings. The van der Waals surface area contributed by atoms with E-state index in [9.17, 15) is 18.5 Å². The van der Waals surface area contributed by atoms with Gasteiger partial charge in [-0.2, -0.15) is 0 Å². The maximum Gasteiger partial charge on any atom is 0.273 e. The average Bonchev–Trinajstić information content (AvgIpc) is 2.39. The Morgan fingerprint density at radius 1 is 1.10 bits per heavy atom. The van der Waals surface area contributed by atoms with Gasteiger partial charge in [0.2, 0.25) is 0 Å². The van der Waals surface area contributed by atoms with E-state index in [4.69, 9.17) is 0 Å². The van der Waals surface area contributed by atoms with Crippen LogP contribution in [0.4, 0.5) is 5.69 Å². The molecule has 0 spiro atoms. The van der Waals surface area contributed by atoms with Crippen LogP contribution in [0, 0.1) is 13.7 Å². The van der Waals surface area contributed by atoms with E-state index in [0.29, 0.717) is 0 Å². The Kier molecular flexibility index (Phi) is 4.39. The minimum absolute atomic E-state index is 0.160. The third-order valence-corrected chi connectivity index (χ3v) is 5.04. The quantitative estimate of drug-likeness (QED) is 0.447. The Morgan fingerprint density at radius 3 is 2.35 bits per heavy atom. The highest BCUT2D eigenvalue weighted by molar-refractivity contribution is 14.1.